The quantitative estimate of drug-likeness (QED) is 0.615. The fraction of sp³-hybridized carbons (Fsp3) is 0.214. The predicted molar refractivity (Wildman–Crippen MR) is 72.6 cm³/mol. The summed E-state index contributed by atoms with van der Waals surface area (Å²) in [6, 6.07) is 9.27. The van der Waals surface area contributed by atoms with E-state index in [1.54, 1.807) is 0 Å². The van der Waals surface area contributed by atoms with Crippen LogP contribution in [0.1, 0.15) is 17.3 Å². The van der Waals surface area contributed by atoms with E-state index in [0.29, 0.717) is 0 Å². The van der Waals surface area contributed by atoms with Gasteiger partial charge in [-0.05, 0) is 19.1 Å². The van der Waals surface area contributed by atoms with Crippen molar-refractivity contribution in [1.82, 2.24) is 15.1 Å². The molecule has 1 heterocycles. The van der Waals surface area contributed by atoms with Gasteiger partial charge in [-0.2, -0.15) is 5.10 Å². The lowest BCUT2D eigenvalue weighted by molar-refractivity contribution is -0.117. The van der Waals surface area contributed by atoms with E-state index >= 15 is 0 Å². The Morgan fingerprint density at radius 2 is 2.05 bits per heavy atom. The highest BCUT2D eigenvalue weighted by molar-refractivity contribution is 6.42. The number of carbonyl (C=O) groups is 2. The first-order valence-electron chi connectivity index (χ1n) is 6.18. The number of hydrogen-bond acceptors (Lipinski definition) is 4. The first-order chi connectivity index (χ1) is 9.58. The summed E-state index contributed by atoms with van der Waals surface area (Å²) in [5.41, 5.74) is 1.01. The summed E-state index contributed by atoms with van der Waals surface area (Å²) in [7, 11) is 0. The highest BCUT2D eigenvalue weighted by Gasteiger charge is 2.18. The van der Waals surface area contributed by atoms with Gasteiger partial charge in [0.2, 0.25) is 0 Å². The van der Waals surface area contributed by atoms with Gasteiger partial charge in [-0.25, -0.2) is 4.68 Å². The van der Waals surface area contributed by atoms with E-state index in [4.69, 9.17) is 5.11 Å². The fourth-order valence-electron chi connectivity index (χ4n) is 1.61. The second kappa shape index (κ2) is 6.12. The Labute approximate surface area is 116 Å². The van der Waals surface area contributed by atoms with Crippen LogP contribution in [0.15, 0.2) is 42.7 Å². The summed E-state index contributed by atoms with van der Waals surface area (Å²) in [5, 5.41) is 15.5. The number of aliphatic hydroxyl groups is 1. The molecule has 1 atom stereocenters. The number of nitrogens with one attached hydrogen (secondary N) is 1. The van der Waals surface area contributed by atoms with Crippen molar-refractivity contribution >= 4 is 11.7 Å². The Hall–Kier alpha value is -2.47. The van der Waals surface area contributed by atoms with Crippen LogP contribution in [-0.4, -0.2) is 39.2 Å². The van der Waals surface area contributed by atoms with Crippen molar-refractivity contribution in [2.24, 2.45) is 0 Å². The van der Waals surface area contributed by atoms with Gasteiger partial charge in [0.15, 0.2) is 0 Å². The first-order valence-corrected chi connectivity index (χ1v) is 6.18. The molecule has 0 bridgehead atoms. The van der Waals surface area contributed by atoms with Crippen molar-refractivity contribution in [2.75, 3.05) is 6.54 Å². The maximum absolute atomic E-state index is 11.9. The van der Waals surface area contributed by atoms with Gasteiger partial charge in [0.05, 0.1) is 23.6 Å². The van der Waals surface area contributed by atoms with Gasteiger partial charge in [-0.1, -0.05) is 18.2 Å². The monoisotopic (exact) mass is 273 g/mol. The van der Waals surface area contributed by atoms with Gasteiger partial charge >= 0.3 is 0 Å². The van der Waals surface area contributed by atoms with E-state index in [1.165, 1.54) is 24.0 Å². The molecule has 6 heteroatoms. The largest absolute Gasteiger partial charge is 0.392 e. The number of Topliss-reactive ketones (excluding diaryl/α,β-unsaturated/α-hetero) is 1. The number of aliphatic hydroxyl groups excluding tert-OH is 1. The molecule has 2 rings (SSSR count). The molecule has 1 aromatic carbocycles. The first kappa shape index (κ1) is 14.0. The highest BCUT2D eigenvalue weighted by atomic mass is 16.3. The Morgan fingerprint density at radius 3 is 2.70 bits per heavy atom. The van der Waals surface area contributed by atoms with Gasteiger partial charge in [0, 0.05) is 12.7 Å². The van der Waals surface area contributed by atoms with Crippen LogP contribution in [0.3, 0.4) is 0 Å². The number of hydrogen-bond donors (Lipinski definition) is 2. The van der Waals surface area contributed by atoms with Gasteiger partial charge in [-0.15, -0.1) is 0 Å². The number of nitrogens with zero attached hydrogens (tertiary/aromatic N) is 2. The van der Waals surface area contributed by atoms with E-state index < -0.39 is 17.8 Å². The molecule has 1 aromatic heterocycles. The molecular weight excluding hydrogens is 258 g/mol. The minimum Gasteiger partial charge on any atom is -0.392 e. The third-order valence-corrected chi connectivity index (χ3v) is 2.63. The summed E-state index contributed by atoms with van der Waals surface area (Å²) in [4.78, 5) is 23.4. The number of amides is 1. The standard InChI is InChI=1S/C14H15N3O3/c1-10(18)7-15-14(20)13(19)11-8-16-17(9-11)12-5-3-2-4-6-12/h2-6,8-10,18H,7H2,1H3,(H,15,20). The van der Waals surface area contributed by atoms with Crippen LogP contribution in [0.5, 0.6) is 0 Å². The molecule has 6 nitrogen and oxygen atoms in total. The van der Waals surface area contributed by atoms with E-state index in [2.05, 4.69) is 10.4 Å². The molecule has 1 amide bonds. The van der Waals surface area contributed by atoms with Crippen LogP contribution in [0.2, 0.25) is 0 Å². The van der Waals surface area contributed by atoms with E-state index in [1.807, 2.05) is 30.3 Å². The van der Waals surface area contributed by atoms with Crippen molar-refractivity contribution in [2.45, 2.75) is 13.0 Å². The lowest BCUT2D eigenvalue weighted by Crippen LogP contribution is -2.35. The van der Waals surface area contributed by atoms with Crippen molar-refractivity contribution in [1.29, 1.82) is 0 Å². The molecule has 20 heavy (non-hydrogen) atoms. The number of para-hydroxylation sites is 1. The molecule has 2 N–H and O–H groups in total. The molecule has 2 aromatic rings. The predicted octanol–water partition coefficient (Wildman–Crippen LogP) is 0.552. The molecule has 0 radical (unpaired) electrons. The van der Waals surface area contributed by atoms with Crippen LogP contribution in [-0.2, 0) is 4.79 Å². The smallest absolute Gasteiger partial charge is 0.292 e. The normalized spacial score (nSPS) is 11.9. The number of rotatable bonds is 5. The molecule has 0 saturated heterocycles. The molecule has 0 fully saturated rings. The topological polar surface area (TPSA) is 84.2 Å². The molecule has 0 saturated carbocycles. The zero-order valence-corrected chi connectivity index (χ0v) is 11.0. The Bertz CT molecular complexity index is 605. The third-order valence-electron chi connectivity index (χ3n) is 2.63. The van der Waals surface area contributed by atoms with Crippen molar-refractivity contribution < 1.29 is 14.7 Å². The second-order valence-corrected chi connectivity index (χ2v) is 4.40. The summed E-state index contributed by atoms with van der Waals surface area (Å²) in [6.45, 7) is 1.57. The SMILES string of the molecule is CC(O)CNC(=O)C(=O)c1cnn(-c2ccccc2)c1. The lowest BCUT2D eigenvalue weighted by Gasteiger charge is -2.05. The molecule has 0 aliphatic rings. The van der Waals surface area contributed by atoms with E-state index in [0.717, 1.165) is 5.69 Å². The Kier molecular flexibility index (Phi) is 4.27. The van der Waals surface area contributed by atoms with Crippen LogP contribution < -0.4 is 5.32 Å². The zero-order chi connectivity index (χ0) is 14.5. The van der Waals surface area contributed by atoms with E-state index in [9.17, 15) is 9.59 Å². The molecule has 0 spiro atoms. The van der Waals surface area contributed by atoms with Crippen LogP contribution in [0.4, 0.5) is 0 Å². The number of benzene rings is 1. The second-order valence-electron chi connectivity index (χ2n) is 4.40. The minimum atomic E-state index is -0.751. The van der Waals surface area contributed by atoms with Crippen LogP contribution in [0.25, 0.3) is 5.69 Å². The summed E-state index contributed by atoms with van der Waals surface area (Å²) in [5.74, 6) is -1.42. The van der Waals surface area contributed by atoms with Gasteiger partial charge in [0.1, 0.15) is 0 Å². The summed E-state index contributed by atoms with van der Waals surface area (Å²) in [6.07, 6.45) is 2.15. The maximum Gasteiger partial charge on any atom is 0.292 e. The average molecular weight is 273 g/mol. The Balaban J connectivity index is 2.09. The number of carbonyl (C=O) groups excluding carboxylic acids is 2. The van der Waals surface area contributed by atoms with Gasteiger partial charge in [0.25, 0.3) is 11.7 Å². The van der Waals surface area contributed by atoms with Gasteiger partial charge in [-0.3, -0.25) is 9.59 Å². The molecule has 1 unspecified atom stereocenters. The van der Waals surface area contributed by atoms with Crippen LogP contribution >= 0.6 is 0 Å². The summed E-state index contributed by atoms with van der Waals surface area (Å²) < 4.78 is 1.52. The number of aromatic nitrogens is 2. The number of ketones is 1. The third kappa shape index (κ3) is 3.30. The average Bonchev–Trinajstić information content (AvgIpc) is 2.94. The maximum atomic E-state index is 11.9. The van der Waals surface area contributed by atoms with Crippen LogP contribution in [0, 0.1) is 0 Å². The summed E-state index contributed by atoms with van der Waals surface area (Å²) >= 11 is 0. The molecule has 0 aliphatic carbocycles. The Morgan fingerprint density at radius 1 is 1.35 bits per heavy atom. The highest BCUT2D eigenvalue weighted by Crippen LogP contribution is 2.08. The minimum absolute atomic E-state index is 0.0391. The molecule has 104 valence electrons. The van der Waals surface area contributed by atoms with E-state index in [-0.39, 0.29) is 12.1 Å². The fourth-order valence-corrected chi connectivity index (χ4v) is 1.61. The van der Waals surface area contributed by atoms with Crippen molar-refractivity contribution in [3.63, 3.8) is 0 Å². The van der Waals surface area contributed by atoms with Crippen molar-refractivity contribution in [3.8, 4) is 5.69 Å². The van der Waals surface area contributed by atoms with Gasteiger partial charge < -0.3 is 10.4 Å². The lowest BCUT2D eigenvalue weighted by atomic mass is 10.2. The molecule has 0 aliphatic heterocycles. The molecular formula is C14H15N3O3. The van der Waals surface area contributed by atoms with Crippen molar-refractivity contribution in [3.05, 3.63) is 48.3 Å². The zero-order valence-electron chi connectivity index (χ0n) is 11.0.